The van der Waals surface area contributed by atoms with Gasteiger partial charge in [0.15, 0.2) is 0 Å². The Morgan fingerprint density at radius 1 is 1.00 bits per heavy atom. The zero-order valence-electron chi connectivity index (χ0n) is 7.63. The number of aromatic nitrogens is 2. The zero-order chi connectivity index (χ0) is 9.42. The van der Waals surface area contributed by atoms with Crippen LogP contribution in [0.4, 0.5) is 5.69 Å². The van der Waals surface area contributed by atoms with E-state index in [1.54, 1.807) is 18.2 Å². The molecule has 0 fully saturated rings. The minimum absolute atomic E-state index is 0. The van der Waals surface area contributed by atoms with Gasteiger partial charge in [-0.2, -0.15) is 0 Å². The molecule has 7 nitrogen and oxygen atoms in total. The molecule has 2 aromatic rings. The fourth-order valence-corrected chi connectivity index (χ4v) is 1.26. The molecule has 1 aromatic carbocycles. The average Bonchev–Trinajstić information content (AvgIpc) is 2.12. The molecule has 84 valence electrons. The number of nitrogens with two attached hydrogens (primary N) is 1. The van der Waals surface area contributed by atoms with E-state index < -0.39 is 0 Å². The van der Waals surface area contributed by atoms with Crippen molar-refractivity contribution in [2.75, 3.05) is 5.73 Å². The summed E-state index contributed by atoms with van der Waals surface area (Å²) in [6, 6.07) is 4.77. The first kappa shape index (κ1) is 17.3. The molecule has 0 radical (unpaired) electrons. The van der Waals surface area contributed by atoms with E-state index in [-0.39, 0.29) is 57.0 Å². The Morgan fingerprint density at radius 3 is 2.12 bits per heavy atom. The number of rotatable bonds is 0. The second kappa shape index (κ2) is 6.46. The first-order valence-electron chi connectivity index (χ1n) is 3.69. The Hall–Kier alpha value is -1.12. The van der Waals surface area contributed by atoms with Crippen LogP contribution in [0.25, 0.3) is 10.8 Å². The van der Waals surface area contributed by atoms with Gasteiger partial charge in [-0.3, -0.25) is 19.8 Å². The number of hydrogen-bond donors (Lipinski definition) is 3. The molecule has 0 unspecified atom stereocenters. The Morgan fingerprint density at radius 2 is 1.56 bits per heavy atom. The van der Waals surface area contributed by atoms with Gasteiger partial charge >= 0.3 is 29.6 Å². The molecule has 0 aliphatic rings. The topological polar surface area (TPSA) is 155 Å². The van der Waals surface area contributed by atoms with E-state index in [4.69, 9.17) is 5.73 Å². The Kier molecular flexibility index (Phi) is 6.98. The summed E-state index contributed by atoms with van der Waals surface area (Å²) in [5, 5.41) is 4.98. The first-order valence-corrected chi connectivity index (χ1v) is 3.69. The molecule has 0 amide bonds. The van der Waals surface area contributed by atoms with Gasteiger partial charge in [0.25, 0.3) is 11.1 Å². The SMILES string of the molecule is Nc1cccc2c(=O)[nH][nH]c(=O)c12.O.O.[NaH]. The number of fused-ring (bicyclic) bond motifs is 1. The number of nitrogen functional groups attached to an aromatic ring is 1. The van der Waals surface area contributed by atoms with Crippen molar-refractivity contribution < 1.29 is 11.0 Å². The molecular weight excluding hydrogens is 225 g/mol. The quantitative estimate of drug-likeness (QED) is 0.342. The van der Waals surface area contributed by atoms with Crippen molar-refractivity contribution in [1.82, 2.24) is 10.2 Å². The molecule has 2 rings (SSSR count). The van der Waals surface area contributed by atoms with Gasteiger partial charge in [0.05, 0.1) is 10.8 Å². The van der Waals surface area contributed by atoms with Crippen molar-refractivity contribution in [3.8, 4) is 0 Å². The second-order valence-electron chi connectivity index (χ2n) is 2.68. The fraction of sp³-hybridized carbons (Fsp3) is 0. The van der Waals surface area contributed by atoms with Crippen LogP contribution in [0.1, 0.15) is 0 Å². The molecule has 1 aromatic heterocycles. The number of aromatic amines is 2. The van der Waals surface area contributed by atoms with E-state index in [1.165, 1.54) is 0 Å². The first-order chi connectivity index (χ1) is 6.20. The maximum atomic E-state index is 11.2. The van der Waals surface area contributed by atoms with Crippen LogP contribution in [0.5, 0.6) is 0 Å². The molecule has 0 aliphatic carbocycles. The molecule has 0 aliphatic heterocycles. The standard InChI is InChI=1S/C8H7N3O2.Na.2H2O.H/c9-5-3-1-2-4-6(5)8(13)11-10-7(4)12;;;;/h1-3H,9H2,(H,10,12)(H,11,13);;2*1H2;. The van der Waals surface area contributed by atoms with E-state index in [2.05, 4.69) is 10.2 Å². The predicted molar refractivity (Wildman–Crippen MR) is 64.0 cm³/mol. The Labute approximate surface area is 112 Å². The zero-order valence-corrected chi connectivity index (χ0v) is 7.63. The van der Waals surface area contributed by atoms with E-state index in [1.807, 2.05) is 0 Å². The number of anilines is 1. The molecule has 0 bridgehead atoms. The number of H-pyrrole nitrogens is 2. The normalized spacial score (nSPS) is 8.50. The molecule has 8 heteroatoms. The number of nitrogens with one attached hydrogen (secondary N) is 2. The summed E-state index contributed by atoms with van der Waals surface area (Å²) < 4.78 is 0. The van der Waals surface area contributed by atoms with Crippen molar-refractivity contribution in [3.63, 3.8) is 0 Å². The van der Waals surface area contributed by atoms with Crippen molar-refractivity contribution in [2.45, 2.75) is 0 Å². The molecule has 0 atom stereocenters. The Bertz CT molecular complexity index is 577. The molecule has 0 spiro atoms. The minimum atomic E-state index is -0.382. The number of hydrogen-bond acceptors (Lipinski definition) is 3. The summed E-state index contributed by atoms with van der Waals surface area (Å²) in [5.74, 6) is 0. The average molecular weight is 237 g/mol. The van der Waals surface area contributed by atoms with E-state index in [0.29, 0.717) is 11.1 Å². The summed E-state index contributed by atoms with van der Waals surface area (Å²) in [7, 11) is 0. The molecule has 1 heterocycles. The van der Waals surface area contributed by atoms with Crippen LogP contribution in [-0.2, 0) is 0 Å². The van der Waals surface area contributed by atoms with Gasteiger partial charge in [-0.05, 0) is 12.1 Å². The summed E-state index contributed by atoms with van der Waals surface area (Å²) in [6.07, 6.45) is 0. The molecule has 8 N–H and O–H groups in total. The van der Waals surface area contributed by atoms with Gasteiger partial charge in [-0.15, -0.1) is 0 Å². The van der Waals surface area contributed by atoms with Crippen LogP contribution in [0, 0.1) is 0 Å². The molecule has 0 saturated carbocycles. The summed E-state index contributed by atoms with van der Waals surface area (Å²) in [4.78, 5) is 22.4. The van der Waals surface area contributed by atoms with Crippen molar-refractivity contribution in [1.29, 1.82) is 0 Å². The summed E-state index contributed by atoms with van der Waals surface area (Å²) in [5.41, 5.74) is 5.14. The van der Waals surface area contributed by atoms with E-state index >= 15 is 0 Å². The molecule has 16 heavy (non-hydrogen) atoms. The maximum absolute atomic E-state index is 11.2. The van der Waals surface area contributed by atoms with Crippen LogP contribution < -0.4 is 16.9 Å². The fourth-order valence-electron chi connectivity index (χ4n) is 1.26. The van der Waals surface area contributed by atoms with Gasteiger partial charge in [0.1, 0.15) is 0 Å². The van der Waals surface area contributed by atoms with E-state index in [0.717, 1.165) is 0 Å². The van der Waals surface area contributed by atoms with Crippen LogP contribution >= 0.6 is 0 Å². The van der Waals surface area contributed by atoms with Gasteiger partial charge in [0, 0.05) is 5.69 Å². The predicted octanol–water partition coefficient (Wildman–Crippen LogP) is -2.50. The monoisotopic (exact) mass is 237 g/mol. The Balaban J connectivity index is 0. The molecule has 0 saturated heterocycles. The van der Waals surface area contributed by atoms with Gasteiger partial charge in [0.2, 0.25) is 0 Å². The van der Waals surface area contributed by atoms with Gasteiger partial charge in [-0.25, -0.2) is 0 Å². The van der Waals surface area contributed by atoms with Crippen LogP contribution in [0.2, 0.25) is 0 Å². The third-order valence-electron chi connectivity index (χ3n) is 1.86. The molecular formula is C8H12N3NaO4. The van der Waals surface area contributed by atoms with Crippen molar-refractivity contribution in [2.24, 2.45) is 0 Å². The van der Waals surface area contributed by atoms with Gasteiger partial charge in [-0.1, -0.05) is 6.07 Å². The van der Waals surface area contributed by atoms with Crippen LogP contribution in [0.3, 0.4) is 0 Å². The van der Waals surface area contributed by atoms with Gasteiger partial charge < -0.3 is 16.7 Å². The van der Waals surface area contributed by atoms with Crippen molar-refractivity contribution >= 4 is 46.0 Å². The third kappa shape index (κ3) is 2.71. The number of benzene rings is 1. The second-order valence-corrected chi connectivity index (χ2v) is 2.68. The summed E-state index contributed by atoms with van der Waals surface area (Å²) in [6.45, 7) is 0. The van der Waals surface area contributed by atoms with E-state index in [9.17, 15) is 9.59 Å². The summed E-state index contributed by atoms with van der Waals surface area (Å²) >= 11 is 0. The van der Waals surface area contributed by atoms with Crippen LogP contribution in [0.15, 0.2) is 27.8 Å². The third-order valence-corrected chi connectivity index (χ3v) is 1.86. The van der Waals surface area contributed by atoms with Crippen molar-refractivity contribution in [3.05, 3.63) is 38.9 Å². The van der Waals surface area contributed by atoms with Crippen LogP contribution in [-0.4, -0.2) is 50.7 Å².